The van der Waals surface area contributed by atoms with Crippen molar-refractivity contribution in [2.45, 2.75) is 38.0 Å². The van der Waals surface area contributed by atoms with Gasteiger partial charge in [-0.2, -0.15) is 0 Å². The van der Waals surface area contributed by atoms with E-state index in [2.05, 4.69) is 41.2 Å². The molecule has 2 heterocycles. The van der Waals surface area contributed by atoms with E-state index in [1.807, 2.05) is 18.2 Å². The van der Waals surface area contributed by atoms with Crippen molar-refractivity contribution in [2.75, 3.05) is 39.8 Å². The Morgan fingerprint density at radius 3 is 2.54 bits per heavy atom. The number of likely N-dealkylation sites (N-methyl/N-ethyl adjacent to an activating group) is 1. The fourth-order valence-electron chi connectivity index (χ4n) is 3.64. The number of hydrogen-bond acceptors (Lipinski definition) is 4. The Morgan fingerprint density at radius 1 is 1.21 bits per heavy atom. The second-order valence-electron chi connectivity index (χ2n) is 7.00. The number of carbonyl (C=O) groups excluding carboxylic acids is 1. The highest BCUT2D eigenvalue weighted by Gasteiger charge is 2.32. The van der Waals surface area contributed by atoms with Crippen LogP contribution in [0.3, 0.4) is 0 Å². The normalized spacial score (nSPS) is 25.3. The van der Waals surface area contributed by atoms with E-state index in [0.717, 1.165) is 51.2 Å². The molecule has 0 spiro atoms. The summed E-state index contributed by atoms with van der Waals surface area (Å²) in [5.74, 6) is 0.0914. The van der Waals surface area contributed by atoms with Crippen LogP contribution in [0.1, 0.15) is 31.4 Å². The monoisotopic (exact) mass is 331 g/mol. The first kappa shape index (κ1) is 17.4. The van der Waals surface area contributed by atoms with Gasteiger partial charge in [0.15, 0.2) is 0 Å². The Morgan fingerprint density at radius 2 is 1.92 bits per heavy atom. The molecule has 2 fully saturated rings. The average Bonchev–Trinajstić information content (AvgIpc) is 3.12. The molecule has 2 aliphatic heterocycles. The molecule has 24 heavy (non-hydrogen) atoms. The van der Waals surface area contributed by atoms with E-state index < -0.39 is 0 Å². The van der Waals surface area contributed by atoms with Crippen molar-refractivity contribution in [1.29, 1.82) is 0 Å². The molecule has 0 saturated carbocycles. The predicted octanol–water partition coefficient (Wildman–Crippen LogP) is 1.66. The van der Waals surface area contributed by atoms with Crippen molar-refractivity contribution in [3.8, 4) is 0 Å². The zero-order valence-electron chi connectivity index (χ0n) is 14.8. The number of hydrogen-bond donors (Lipinski definition) is 1. The fourth-order valence-corrected chi connectivity index (χ4v) is 3.64. The van der Waals surface area contributed by atoms with Gasteiger partial charge in [-0.05, 0) is 32.4 Å². The van der Waals surface area contributed by atoms with Crippen molar-refractivity contribution in [1.82, 2.24) is 15.1 Å². The molecular formula is C19H29N3O2. The van der Waals surface area contributed by atoms with Crippen molar-refractivity contribution < 1.29 is 9.53 Å². The van der Waals surface area contributed by atoms with Crippen LogP contribution >= 0.6 is 0 Å². The van der Waals surface area contributed by atoms with E-state index in [4.69, 9.17) is 4.74 Å². The summed E-state index contributed by atoms with van der Waals surface area (Å²) >= 11 is 0. The Balaban J connectivity index is 1.72. The van der Waals surface area contributed by atoms with Crippen LogP contribution in [0.2, 0.25) is 0 Å². The van der Waals surface area contributed by atoms with Crippen LogP contribution in [0.5, 0.6) is 0 Å². The minimum atomic E-state index is -0.219. The molecule has 2 saturated heterocycles. The molecule has 5 heteroatoms. The fraction of sp³-hybridized carbons (Fsp3) is 0.632. The summed E-state index contributed by atoms with van der Waals surface area (Å²) in [5, 5.41) is 3.21. The lowest BCUT2D eigenvalue weighted by atomic mass is 10.0. The van der Waals surface area contributed by atoms with E-state index >= 15 is 0 Å². The zero-order chi connectivity index (χ0) is 16.9. The number of benzene rings is 1. The van der Waals surface area contributed by atoms with Crippen molar-refractivity contribution >= 4 is 5.91 Å². The minimum absolute atomic E-state index is 0.0543. The van der Waals surface area contributed by atoms with E-state index in [-0.39, 0.29) is 24.1 Å². The highest BCUT2D eigenvalue weighted by atomic mass is 16.5. The van der Waals surface area contributed by atoms with Crippen molar-refractivity contribution in [3.05, 3.63) is 35.9 Å². The third kappa shape index (κ3) is 4.15. The standard InChI is InChI=1S/C19H29N3O2/c1-15(17-9-6-14-24-17)20-19(23)18(16-7-4-3-5-8-16)22-12-10-21(2)11-13-22/h3-5,7-8,15,17-18H,6,9-14H2,1-2H3,(H,20,23). The second kappa shape index (κ2) is 8.10. The summed E-state index contributed by atoms with van der Waals surface area (Å²) in [7, 11) is 2.13. The lowest BCUT2D eigenvalue weighted by Gasteiger charge is -2.38. The number of ether oxygens (including phenoxy) is 1. The van der Waals surface area contributed by atoms with Gasteiger partial charge in [0.25, 0.3) is 0 Å². The zero-order valence-corrected chi connectivity index (χ0v) is 14.8. The highest BCUT2D eigenvalue weighted by Crippen LogP contribution is 2.23. The smallest absolute Gasteiger partial charge is 0.242 e. The highest BCUT2D eigenvalue weighted by molar-refractivity contribution is 5.83. The molecule has 0 aliphatic carbocycles. The number of nitrogens with one attached hydrogen (secondary N) is 1. The third-order valence-electron chi connectivity index (χ3n) is 5.16. The van der Waals surface area contributed by atoms with Gasteiger partial charge in [0.05, 0.1) is 12.1 Å². The van der Waals surface area contributed by atoms with Gasteiger partial charge in [-0.1, -0.05) is 30.3 Å². The summed E-state index contributed by atoms with van der Waals surface area (Å²) in [6.07, 6.45) is 2.27. The maximum atomic E-state index is 13.1. The molecule has 1 aromatic rings. The quantitative estimate of drug-likeness (QED) is 0.891. The largest absolute Gasteiger partial charge is 0.376 e. The second-order valence-corrected chi connectivity index (χ2v) is 7.00. The Kier molecular flexibility index (Phi) is 5.87. The van der Waals surface area contributed by atoms with Crippen LogP contribution in [-0.2, 0) is 9.53 Å². The maximum Gasteiger partial charge on any atom is 0.242 e. The van der Waals surface area contributed by atoms with Crippen molar-refractivity contribution in [2.24, 2.45) is 0 Å². The molecule has 3 atom stereocenters. The molecule has 5 nitrogen and oxygen atoms in total. The van der Waals surface area contributed by atoms with E-state index in [9.17, 15) is 4.79 Å². The molecular weight excluding hydrogens is 302 g/mol. The number of nitrogens with zero attached hydrogens (tertiary/aromatic N) is 2. The van der Waals surface area contributed by atoms with E-state index in [1.165, 1.54) is 0 Å². The first-order valence-corrected chi connectivity index (χ1v) is 9.04. The van der Waals surface area contributed by atoms with Crippen molar-refractivity contribution in [3.63, 3.8) is 0 Å². The molecule has 1 aromatic carbocycles. The van der Waals surface area contributed by atoms with Crippen LogP contribution in [0.15, 0.2) is 30.3 Å². The van der Waals surface area contributed by atoms with E-state index in [1.54, 1.807) is 0 Å². The maximum absolute atomic E-state index is 13.1. The number of piperazine rings is 1. The molecule has 1 amide bonds. The SMILES string of the molecule is CC(NC(=O)C(c1ccccc1)N1CCN(C)CC1)C1CCCO1. The summed E-state index contributed by atoms with van der Waals surface area (Å²) < 4.78 is 5.73. The van der Waals surface area contributed by atoms with Gasteiger partial charge in [-0.3, -0.25) is 9.69 Å². The molecule has 132 valence electrons. The Labute approximate surface area is 145 Å². The molecule has 1 N–H and O–H groups in total. The van der Waals surface area contributed by atoms with Gasteiger partial charge < -0.3 is 15.0 Å². The molecule has 0 radical (unpaired) electrons. The van der Waals surface area contributed by atoms with Crippen LogP contribution in [0.4, 0.5) is 0 Å². The molecule has 0 bridgehead atoms. The first-order valence-electron chi connectivity index (χ1n) is 9.04. The van der Waals surface area contributed by atoms with Crippen LogP contribution < -0.4 is 5.32 Å². The van der Waals surface area contributed by atoms with Crippen LogP contribution in [0, 0.1) is 0 Å². The number of rotatable bonds is 5. The number of carbonyl (C=O) groups is 1. The van der Waals surface area contributed by atoms with Gasteiger partial charge in [0.2, 0.25) is 5.91 Å². The minimum Gasteiger partial charge on any atom is -0.376 e. The van der Waals surface area contributed by atoms with Gasteiger partial charge in [-0.25, -0.2) is 0 Å². The summed E-state index contributed by atoms with van der Waals surface area (Å²) in [6.45, 7) is 6.69. The van der Waals surface area contributed by atoms with Crippen LogP contribution in [-0.4, -0.2) is 67.7 Å². The Hall–Kier alpha value is -1.43. The third-order valence-corrected chi connectivity index (χ3v) is 5.16. The first-order chi connectivity index (χ1) is 11.6. The topological polar surface area (TPSA) is 44.8 Å². The van der Waals surface area contributed by atoms with Crippen LogP contribution in [0.25, 0.3) is 0 Å². The number of amides is 1. The van der Waals surface area contributed by atoms with Gasteiger partial charge >= 0.3 is 0 Å². The summed E-state index contributed by atoms with van der Waals surface area (Å²) in [5.41, 5.74) is 1.07. The Bertz CT molecular complexity index is 523. The summed E-state index contributed by atoms with van der Waals surface area (Å²) in [6, 6.07) is 9.96. The molecule has 3 rings (SSSR count). The van der Waals surface area contributed by atoms with Gasteiger partial charge in [0, 0.05) is 32.8 Å². The molecule has 3 unspecified atom stereocenters. The molecule has 0 aromatic heterocycles. The lowest BCUT2D eigenvalue weighted by molar-refractivity contribution is -0.129. The predicted molar refractivity (Wildman–Crippen MR) is 94.8 cm³/mol. The van der Waals surface area contributed by atoms with Gasteiger partial charge in [0.1, 0.15) is 6.04 Å². The molecule has 2 aliphatic rings. The summed E-state index contributed by atoms with van der Waals surface area (Å²) in [4.78, 5) is 17.7. The van der Waals surface area contributed by atoms with Gasteiger partial charge in [-0.15, -0.1) is 0 Å². The lowest BCUT2D eigenvalue weighted by Crippen LogP contribution is -2.52. The van der Waals surface area contributed by atoms with E-state index in [0.29, 0.717) is 0 Å². The average molecular weight is 331 g/mol.